The van der Waals surface area contributed by atoms with Crippen LogP contribution in [0.25, 0.3) is 0 Å². The highest BCUT2D eigenvalue weighted by Crippen LogP contribution is 2.48. The summed E-state index contributed by atoms with van der Waals surface area (Å²) < 4.78 is 5.73. The van der Waals surface area contributed by atoms with Crippen LogP contribution in [0.4, 0.5) is 0 Å². The summed E-state index contributed by atoms with van der Waals surface area (Å²) in [5.41, 5.74) is -0.282. The summed E-state index contributed by atoms with van der Waals surface area (Å²) in [5, 5.41) is 0. The Hall–Kier alpha value is -3.41. The molecule has 0 aromatic heterocycles. The molecule has 2 saturated carbocycles. The van der Waals surface area contributed by atoms with Crippen LogP contribution in [0.15, 0.2) is 54.6 Å². The molecule has 36 heavy (non-hydrogen) atoms. The fourth-order valence-electron chi connectivity index (χ4n) is 5.75. The van der Waals surface area contributed by atoms with Gasteiger partial charge >= 0.3 is 5.97 Å². The Kier molecular flexibility index (Phi) is 6.82. The lowest BCUT2D eigenvalue weighted by molar-refractivity contribution is -0.145. The van der Waals surface area contributed by atoms with Crippen molar-refractivity contribution in [3.63, 3.8) is 0 Å². The molecule has 0 heterocycles. The topological polar surface area (TPSA) is 94.6 Å². The Balaban J connectivity index is 1.81. The van der Waals surface area contributed by atoms with E-state index in [1.165, 1.54) is 0 Å². The van der Waals surface area contributed by atoms with Crippen molar-refractivity contribution in [2.24, 2.45) is 22.7 Å². The van der Waals surface area contributed by atoms with Gasteiger partial charge in [0.2, 0.25) is 0 Å². The number of para-hydroxylation sites is 1. The molecule has 0 unspecified atom stereocenters. The molecule has 0 N–H and O–H groups in total. The second-order valence-corrected chi connectivity index (χ2v) is 11.7. The van der Waals surface area contributed by atoms with Crippen LogP contribution in [-0.4, -0.2) is 29.1 Å². The summed E-state index contributed by atoms with van der Waals surface area (Å²) in [5.74, 6) is -4.89. The molecule has 2 fully saturated rings. The van der Waals surface area contributed by atoms with Crippen LogP contribution in [0.3, 0.4) is 0 Å². The van der Waals surface area contributed by atoms with Crippen LogP contribution in [0.1, 0.15) is 75.2 Å². The molecule has 0 atom stereocenters. The van der Waals surface area contributed by atoms with Crippen molar-refractivity contribution in [3.8, 4) is 5.75 Å². The maximum Gasteiger partial charge on any atom is 0.343 e. The fourth-order valence-corrected chi connectivity index (χ4v) is 5.75. The Morgan fingerprint density at radius 2 is 1.11 bits per heavy atom. The van der Waals surface area contributed by atoms with Crippen LogP contribution >= 0.6 is 0 Å². The summed E-state index contributed by atoms with van der Waals surface area (Å²) in [7, 11) is 0. The van der Waals surface area contributed by atoms with Crippen molar-refractivity contribution in [3.05, 3.63) is 65.7 Å². The van der Waals surface area contributed by atoms with Gasteiger partial charge < -0.3 is 4.74 Å². The molecular formula is C30H32O6. The Morgan fingerprint density at radius 1 is 0.694 bits per heavy atom. The summed E-state index contributed by atoms with van der Waals surface area (Å²) in [6.45, 7) is 7.46. The second kappa shape index (κ2) is 9.57. The zero-order valence-corrected chi connectivity index (χ0v) is 21.2. The minimum Gasteiger partial charge on any atom is -0.423 e. The first kappa shape index (κ1) is 25.7. The minimum absolute atomic E-state index is 0.146. The van der Waals surface area contributed by atoms with E-state index in [0.29, 0.717) is 11.1 Å². The van der Waals surface area contributed by atoms with Crippen LogP contribution in [0.2, 0.25) is 0 Å². The van der Waals surface area contributed by atoms with Crippen LogP contribution in [0, 0.1) is 22.7 Å². The second-order valence-electron chi connectivity index (χ2n) is 11.7. The SMILES string of the molecule is CC1(C)CC(=O)C(C(c2ccccc2OC(=O)c2ccccc2)C2C(=O)CC(C)(C)CC2=O)C(=O)C1. The lowest BCUT2D eigenvalue weighted by atomic mass is 9.59. The normalized spacial score (nSPS) is 20.6. The Labute approximate surface area is 211 Å². The van der Waals surface area contributed by atoms with Gasteiger partial charge in [-0.2, -0.15) is 0 Å². The minimum atomic E-state index is -1.14. The monoisotopic (exact) mass is 488 g/mol. The van der Waals surface area contributed by atoms with E-state index in [4.69, 9.17) is 4.74 Å². The molecule has 4 rings (SSSR count). The van der Waals surface area contributed by atoms with E-state index in [9.17, 15) is 24.0 Å². The van der Waals surface area contributed by atoms with Gasteiger partial charge in [0.05, 0.1) is 17.4 Å². The number of Topliss-reactive ketones (excluding diaryl/α,β-unsaturated/α-hetero) is 4. The lowest BCUT2D eigenvalue weighted by Gasteiger charge is -2.41. The number of benzene rings is 2. The Bertz CT molecular complexity index is 1140. The molecule has 0 bridgehead atoms. The van der Waals surface area contributed by atoms with Crippen LogP contribution in [0.5, 0.6) is 5.75 Å². The summed E-state index contributed by atoms with van der Waals surface area (Å²) >= 11 is 0. The van der Waals surface area contributed by atoms with Gasteiger partial charge in [0.15, 0.2) is 0 Å². The first-order valence-electron chi connectivity index (χ1n) is 12.4. The van der Waals surface area contributed by atoms with E-state index in [0.717, 1.165) is 0 Å². The fraction of sp³-hybridized carbons (Fsp3) is 0.433. The average Bonchev–Trinajstić information content (AvgIpc) is 2.76. The highest BCUT2D eigenvalue weighted by atomic mass is 16.5. The van der Waals surface area contributed by atoms with E-state index >= 15 is 0 Å². The Morgan fingerprint density at radius 3 is 1.58 bits per heavy atom. The first-order chi connectivity index (χ1) is 16.9. The van der Waals surface area contributed by atoms with Crippen LogP contribution in [-0.2, 0) is 19.2 Å². The third kappa shape index (κ3) is 5.23. The molecule has 6 heteroatoms. The molecule has 0 radical (unpaired) electrons. The standard InChI is InChI=1S/C30H32O6/c1-29(2)14-20(31)26(21(32)15-29)25(27-22(33)16-30(3,4)17-23(27)34)19-12-8-9-13-24(19)36-28(35)18-10-6-5-7-11-18/h5-13,25-27H,14-17H2,1-4H3. The predicted octanol–water partition coefficient (Wildman–Crippen LogP) is 5.14. The van der Waals surface area contributed by atoms with Gasteiger partial charge in [0.25, 0.3) is 0 Å². The highest BCUT2D eigenvalue weighted by molar-refractivity contribution is 6.11. The number of hydrogen-bond acceptors (Lipinski definition) is 6. The quantitative estimate of drug-likeness (QED) is 0.329. The number of ketones is 4. The van der Waals surface area contributed by atoms with Crippen molar-refractivity contribution in [1.29, 1.82) is 0 Å². The molecule has 0 saturated heterocycles. The summed E-state index contributed by atoms with van der Waals surface area (Å²) in [6.07, 6.45) is 0.692. The molecule has 2 aromatic carbocycles. The third-order valence-electron chi connectivity index (χ3n) is 7.21. The number of rotatable bonds is 5. The molecule has 0 spiro atoms. The highest BCUT2D eigenvalue weighted by Gasteiger charge is 2.52. The predicted molar refractivity (Wildman–Crippen MR) is 134 cm³/mol. The average molecular weight is 489 g/mol. The molecule has 188 valence electrons. The number of carbonyl (C=O) groups excluding carboxylic acids is 5. The van der Waals surface area contributed by atoms with Gasteiger partial charge in [-0.3, -0.25) is 19.2 Å². The number of carbonyl (C=O) groups is 5. The zero-order valence-electron chi connectivity index (χ0n) is 21.2. The molecule has 0 amide bonds. The van der Waals surface area contributed by atoms with Crippen molar-refractivity contribution in [2.45, 2.75) is 59.3 Å². The maximum atomic E-state index is 13.4. The zero-order chi connectivity index (χ0) is 26.3. The molecular weight excluding hydrogens is 456 g/mol. The van der Waals surface area contributed by atoms with Crippen molar-refractivity contribution in [2.75, 3.05) is 0 Å². The maximum absolute atomic E-state index is 13.4. The molecule has 2 aromatic rings. The largest absolute Gasteiger partial charge is 0.423 e. The van der Waals surface area contributed by atoms with Gasteiger partial charge in [-0.25, -0.2) is 4.79 Å². The lowest BCUT2D eigenvalue weighted by Crippen LogP contribution is -2.48. The summed E-state index contributed by atoms with van der Waals surface area (Å²) in [4.78, 5) is 66.6. The van der Waals surface area contributed by atoms with Gasteiger partial charge in [-0.15, -0.1) is 0 Å². The number of esters is 1. The van der Waals surface area contributed by atoms with Crippen molar-refractivity contribution >= 4 is 29.1 Å². The number of hydrogen-bond donors (Lipinski definition) is 0. The van der Waals surface area contributed by atoms with Gasteiger partial charge in [0.1, 0.15) is 28.9 Å². The summed E-state index contributed by atoms with van der Waals surface area (Å²) in [6, 6.07) is 15.1. The van der Waals surface area contributed by atoms with Gasteiger partial charge in [-0.1, -0.05) is 64.1 Å². The van der Waals surface area contributed by atoms with E-state index in [2.05, 4.69) is 0 Å². The van der Waals surface area contributed by atoms with E-state index < -0.39 is 34.6 Å². The van der Waals surface area contributed by atoms with E-state index in [1.807, 2.05) is 27.7 Å². The van der Waals surface area contributed by atoms with E-state index in [-0.39, 0.29) is 54.6 Å². The van der Waals surface area contributed by atoms with Crippen molar-refractivity contribution in [1.82, 2.24) is 0 Å². The van der Waals surface area contributed by atoms with Gasteiger partial charge in [0, 0.05) is 37.2 Å². The van der Waals surface area contributed by atoms with Crippen molar-refractivity contribution < 1.29 is 28.7 Å². The van der Waals surface area contributed by atoms with E-state index in [1.54, 1.807) is 54.6 Å². The molecule has 2 aliphatic carbocycles. The smallest absolute Gasteiger partial charge is 0.343 e. The molecule has 2 aliphatic rings. The third-order valence-corrected chi connectivity index (χ3v) is 7.21. The number of ether oxygens (including phenoxy) is 1. The van der Waals surface area contributed by atoms with Gasteiger partial charge in [-0.05, 0) is 29.0 Å². The molecule has 6 nitrogen and oxygen atoms in total. The molecule has 0 aliphatic heterocycles. The first-order valence-corrected chi connectivity index (χ1v) is 12.4. The van der Waals surface area contributed by atoms with Crippen LogP contribution < -0.4 is 4.74 Å².